The SMILES string of the molecule is CS(=O)(=O)c1ccc(C2=C(c3ccccc3)C(=O)OC2O[N+](=O)OC2OC(=O)C(c3ccccc3)=C2c2ccc(S(C)(=O)=O)cc2)cc1. The number of sulfone groups is 2. The second kappa shape index (κ2) is 12.5. The fourth-order valence-electron chi connectivity index (χ4n) is 5.30. The first-order chi connectivity index (χ1) is 22.8. The van der Waals surface area contributed by atoms with E-state index >= 15 is 0 Å². The summed E-state index contributed by atoms with van der Waals surface area (Å²) >= 11 is 0. The topological polar surface area (TPSA) is 159 Å². The van der Waals surface area contributed by atoms with E-state index in [1.54, 1.807) is 60.7 Å². The number of carbonyl (C=O) groups is 2. The van der Waals surface area contributed by atoms with E-state index in [1.807, 2.05) is 0 Å². The zero-order valence-corrected chi connectivity index (χ0v) is 26.9. The Balaban J connectivity index is 1.35. The molecule has 0 aromatic heterocycles. The molecule has 12 nitrogen and oxygen atoms in total. The number of hydrogen-bond donors (Lipinski definition) is 0. The lowest BCUT2D eigenvalue weighted by Gasteiger charge is -2.12. The summed E-state index contributed by atoms with van der Waals surface area (Å²) in [4.78, 5) is 50.5. The summed E-state index contributed by atoms with van der Waals surface area (Å²) in [6.45, 7) is 0. The highest BCUT2D eigenvalue weighted by molar-refractivity contribution is 7.91. The van der Waals surface area contributed by atoms with Crippen LogP contribution < -0.4 is 0 Å². The van der Waals surface area contributed by atoms with Gasteiger partial charge in [-0.15, -0.1) is 9.68 Å². The average molecular weight is 689 g/mol. The Labute approximate surface area is 275 Å². The van der Waals surface area contributed by atoms with Gasteiger partial charge in [-0.1, -0.05) is 84.9 Å². The summed E-state index contributed by atoms with van der Waals surface area (Å²) < 4.78 is 59.1. The van der Waals surface area contributed by atoms with E-state index in [2.05, 4.69) is 0 Å². The van der Waals surface area contributed by atoms with Gasteiger partial charge in [0, 0.05) is 12.5 Å². The molecule has 6 rings (SSSR count). The van der Waals surface area contributed by atoms with Gasteiger partial charge in [0.15, 0.2) is 19.7 Å². The number of cyclic esters (lactones) is 2. The Morgan fingerprint density at radius 1 is 0.521 bits per heavy atom. The van der Waals surface area contributed by atoms with Crippen molar-refractivity contribution in [3.8, 4) is 0 Å². The van der Waals surface area contributed by atoms with E-state index in [4.69, 9.17) is 19.1 Å². The van der Waals surface area contributed by atoms with Gasteiger partial charge in [0.05, 0.1) is 32.1 Å². The highest BCUT2D eigenvalue weighted by atomic mass is 32.2. The fourth-order valence-corrected chi connectivity index (χ4v) is 6.56. The van der Waals surface area contributed by atoms with Gasteiger partial charge in [-0.2, -0.15) is 0 Å². The van der Waals surface area contributed by atoms with Gasteiger partial charge in [0.1, 0.15) is 4.91 Å². The smallest absolute Gasteiger partial charge is 0.410 e. The molecule has 0 radical (unpaired) electrons. The maximum atomic E-state index is 13.3. The molecule has 0 saturated carbocycles. The molecule has 244 valence electrons. The lowest BCUT2D eigenvalue weighted by Crippen LogP contribution is -2.28. The molecular weight excluding hydrogens is 663 g/mol. The molecule has 2 aliphatic rings. The average Bonchev–Trinajstić information content (AvgIpc) is 3.55. The third-order valence-corrected chi connectivity index (χ3v) is 9.78. The van der Waals surface area contributed by atoms with Gasteiger partial charge in [-0.05, 0) is 46.5 Å². The van der Waals surface area contributed by atoms with Gasteiger partial charge in [0.2, 0.25) is 0 Å². The van der Waals surface area contributed by atoms with Crippen LogP contribution in [0.25, 0.3) is 22.3 Å². The van der Waals surface area contributed by atoms with E-state index in [0.717, 1.165) is 12.5 Å². The van der Waals surface area contributed by atoms with Crippen LogP contribution in [0.3, 0.4) is 0 Å². The Hall–Kier alpha value is -5.60. The molecule has 0 amide bonds. The molecule has 4 aromatic rings. The van der Waals surface area contributed by atoms with Gasteiger partial charge < -0.3 is 9.47 Å². The number of benzene rings is 4. The molecular formula is C34H26NO11S2+. The zero-order chi connectivity index (χ0) is 34.2. The van der Waals surface area contributed by atoms with E-state index in [-0.39, 0.29) is 37.2 Å². The quantitative estimate of drug-likeness (QED) is 0.171. The molecule has 2 aliphatic heterocycles. The van der Waals surface area contributed by atoms with Crippen molar-refractivity contribution < 1.29 is 50.7 Å². The number of esters is 2. The highest BCUT2D eigenvalue weighted by Gasteiger charge is 2.46. The summed E-state index contributed by atoms with van der Waals surface area (Å²) in [5.74, 6) is -1.63. The third kappa shape index (κ3) is 6.48. The van der Waals surface area contributed by atoms with Gasteiger partial charge in [-0.3, -0.25) is 0 Å². The van der Waals surface area contributed by atoms with Gasteiger partial charge >= 0.3 is 29.6 Å². The largest absolute Gasteiger partial charge is 0.486 e. The lowest BCUT2D eigenvalue weighted by molar-refractivity contribution is -0.997. The van der Waals surface area contributed by atoms with Crippen LogP contribution in [0.4, 0.5) is 0 Å². The minimum atomic E-state index is -3.53. The van der Waals surface area contributed by atoms with Crippen LogP contribution in [0.5, 0.6) is 0 Å². The molecule has 0 aliphatic carbocycles. The van der Waals surface area contributed by atoms with Crippen LogP contribution >= 0.6 is 0 Å². The Morgan fingerprint density at radius 3 is 1.17 bits per heavy atom. The zero-order valence-electron chi connectivity index (χ0n) is 25.3. The minimum absolute atomic E-state index is 0.0331. The molecule has 0 spiro atoms. The second-order valence-electron chi connectivity index (χ2n) is 10.8. The van der Waals surface area contributed by atoms with Gasteiger partial charge in [0.25, 0.3) is 0 Å². The van der Waals surface area contributed by atoms with Crippen molar-refractivity contribution in [2.45, 2.75) is 22.4 Å². The Bertz CT molecular complexity index is 2050. The molecule has 48 heavy (non-hydrogen) atoms. The molecule has 4 aromatic carbocycles. The van der Waals surface area contributed by atoms with Crippen molar-refractivity contribution in [2.75, 3.05) is 12.5 Å². The van der Waals surface area contributed by atoms with E-state index in [0.29, 0.717) is 22.3 Å². The molecule has 2 unspecified atom stereocenters. The van der Waals surface area contributed by atoms with E-state index in [1.165, 1.54) is 48.5 Å². The predicted molar refractivity (Wildman–Crippen MR) is 171 cm³/mol. The molecule has 0 N–H and O–H groups in total. The standard InChI is InChI=1S/C34H26NO11S2/c1-47(39,40)25-17-13-23(14-18-25)29-27(21-9-5-3-6-10-21)31(36)43-33(29)45-35(38)46-34-30(24-15-19-26(20-16-24)48(2,41)42)28(32(37)44-34)22-11-7-4-8-12-22/h3-20,33-34H,1-2H3/q+1. The Kier molecular flexibility index (Phi) is 8.45. The van der Waals surface area contributed by atoms with E-state index < -0.39 is 44.2 Å². The highest BCUT2D eigenvalue weighted by Crippen LogP contribution is 2.40. The second-order valence-corrected chi connectivity index (χ2v) is 14.8. The van der Waals surface area contributed by atoms with Crippen molar-refractivity contribution >= 4 is 53.9 Å². The molecule has 2 atom stereocenters. The predicted octanol–water partition coefficient (Wildman–Crippen LogP) is 4.42. The van der Waals surface area contributed by atoms with Crippen LogP contribution in [-0.2, 0) is 48.4 Å². The number of carbonyl (C=O) groups excluding carboxylic acids is 2. The number of rotatable bonds is 10. The van der Waals surface area contributed by atoms with Crippen molar-refractivity contribution in [1.82, 2.24) is 0 Å². The Morgan fingerprint density at radius 2 is 0.854 bits per heavy atom. The van der Waals surface area contributed by atoms with Crippen LogP contribution in [0.1, 0.15) is 22.3 Å². The first-order valence-electron chi connectivity index (χ1n) is 14.2. The van der Waals surface area contributed by atoms with E-state index in [9.17, 15) is 31.3 Å². The van der Waals surface area contributed by atoms with Crippen molar-refractivity contribution in [3.05, 3.63) is 136 Å². The van der Waals surface area contributed by atoms with Crippen LogP contribution in [0.15, 0.2) is 119 Å². The molecule has 0 bridgehead atoms. The number of hydrogen-bond acceptors (Lipinski definition) is 11. The maximum Gasteiger partial charge on any atom is 0.486 e. The van der Waals surface area contributed by atoms with Gasteiger partial charge in [-0.25, -0.2) is 26.4 Å². The number of nitrogens with zero attached hydrogens (tertiary/aromatic N) is 1. The summed E-state index contributed by atoms with van der Waals surface area (Å²) in [6, 6.07) is 28.1. The molecule has 2 heterocycles. The molecule has 14 heteroatoms. The third-order valence-electron chi connectivity index (χ3n) is 7.52. The normalized spacial score (nSPS) is 18.0. The van der Waals surface area contributed by atoms with Crippen LogP contribution in [0, 0.1) is 4.91 Å². The first-order valence-corrected chi connectivity index (χ1v) is 18.0. The lowest BCUT2D eigenvalue weighted by atomic mass is 9.96. The minimum Gasteiger partial charge on any atom is -0.410 e. The summed E-state index contributed by atoms with van der Waals surface area (Å²) in [7, 11) is -7.06. The van der Waals surface area contributed by atoms with Crippen LogP contribution in [0.2, 0.25) is 0 Å². The van der Waals surface area contributed by atoms with Crippen LogP contribution in [-0.4, -0.2) is 59.0 Å². The monoisotopic (exact) mass is 688 g/mol. The molecule has 0 fully saturated rings. The first kappa shape index (κ1) is 32.3. The fraction of sp³-hybridized carbons (Fsp3) is 0.118. The summed E-state index contributed by atoms with van der Waals surface area (Å²) in [6.07, 6.45) is -1.19. The molecule has 0 saturated heterocycles. The van der Waals surface area contributed by atoms with Crippen molar-refractivity contribution in [2.24, 2.45) is 0 Å². The summed E-state index contributed by atoms with van der Waals surface area (Å²) in [5.41, 5.74) is 1.96. The maximum absolute atomic E-state index is 13.3. The summed E-state index contributed by atoms with van der Waals surface area (Å²) in [5, 5.41) is -0.340. The van der Waals surface area contributed by atoms with Crippen molar-refractivity contribution in [3.63, 3.8) is 0 Å². The van der Waals surface area contributed by atoms with Crippen molar-refractivity contribution in [1.29, 1.82) is 0 Å². The number of ether oxygens (including phenoxy) is 2.